The van der Waals surface area contributed by atoms with Gasteiger partial charge in [0.2, 0.25) is 5.89 Å². The molecule has 1 rings (SSSR count). The molecule has 5 heteroatoms. The Kier molecular flexibility index (Phi) is 4.39. The highest BCUT2D eigenvalue weighted by Crippen LogP contribution is 2.20. The van der Waals surface area contributed by atoms with Gasteiger partial charge in [-0.05, 0) is 19.8 Å². The molecule has 0 saturated heterocycles. The van der Waals surface area contributed by atoms with E-state index in [0.29, 0.717) is 24.2 Å². The quantitative estimate of drug-likeness (QED) is 0.765. The number of aryl methyl sites for hydroxylation is 1. The average molecular weight is 232 g/mol. The molecule has 0 saturated carbocycles. The second-order valence-corrected chi connectivity index (χ2v) is 4.21. The van der Waals surface area contributed by atoms with Crippen LogP contribution in [0.3, 0.4) is 0 Å². The van der Waals surface area contributed by atoms with Crippen LogP contribution in [-0.4, -0.2) is 21.6 Å². The minimum absolute atomic E-state index is 0.0186. The van der Waals surface area contributed by atoms with Crippen molar-refractivity contribution in [3.63, 3.8) is 0 Å². The summed E-state index contributed by atoms with van der Waals surface area (Å²) in [6.45, 7) is 6.40. The van der Waals surface area contributed by atoms with Crippen LogP contribution < -0.4 is 5.32 Å². The molecule has 0 aromatic carbocycles. The van der Waals surface area contributed by atoms with Crippen molar-refractivity contribution >= 4 is 17.6 Å². The zero-order valence-electron chi connectivity index (χ0n) is 9.51. The van der Waals surface area contributed by atoms with Crippen LogP contribution in [0.2, 0.25) is 0 Å². The average Bonchev–Trinajstić information content (AvgIpc) is 2.66. The van der Waals surface area contributed by atoms with Crippen molar-refractivity contribution in [3.05, 3.63) is 5.89 Å². The Morgan fingerprint density at radius 1 is 1.33 bits per heavy atom. The van der Waals surface area contributed by atoms with Gasteiger partial charge in [0, 0.05) is 17.8 Å². The van der Waals surface area contributed by atoms with E-state index in [2.05, 4.69) is 36.3 Å². The number of rotatable bonds is 6. The van der Waals surface area contributed by atoms with Crippen molar-refractivity contribution in [2.24, 2.45) is 0 Å². The maximum absolute atomic E-state index is 5.58. The van der Waals surface area contributed by atoms with E-state index in [0.717, 1.165) is 12.8 Å². The van der Waals surface area contributed by atoms with Crippen LogP contribution in [0.4, 0.5) is 6.01 Å². The molecule has 15 heavy (non-hydrogen) atoms. The van der Waals surface area contributed by atoms with Gasteiger partial charge in [-0.1, -0.05) is 18.9 Å². The van der Waals surface area contributed by atoms with Gasteiger partial charge in [-0.25, -0.2) is 0 Å². The van der Waals surface area contributed by atoms with E-state index < -0.39 is 0 Å². The Morgan fingerprint density at radius 2 is 2.00 bits per heavy atom. The van der Waals surface area contributed by atoms with Crippen LogP contribution in [-0.2, 0) is 6.42 Å². The first kappa shape index (κ1) is 12.3. The van der Waals surface area contributed by atoms with E-state index in [4.69, 9.17) is 16.0 Å². The van der Waals surface area contributed by atoms with Gasteiger partial charge < -0.3 is 9.73 Å². The van der Waals surface area contributed by atoms with E-state index in [-0.39, 0.29) is 5.54 Å². The monoisotopic (exact) mass is 231 g/mol. The molecule has 1 N–H and O–H groups in total. The lowest BCUT2D eigenvalue weighted by Crippen LogP contribution is -2.33. The molecule has 0 atom stereocenters. The summed E-state index contributed by atoms with van der Waals surface area (Å²) in [7, 11) is 0. The lowest BCUT2D eigenvalue weighted by molar-refractivity contribution is 0.439. The first-order valence-electron chi connectivity index (χ1n) is 5.30. The van der Waals surface area contributed by atoms with Gasteiger partial charge in [0.1, 0.15) is 0 Å². The molecule has 0 aliphatic carbocycles. The second kappa shape index (κ2) is 5.35. The van der Waals surface area contributed by atoms with Crippen molar-refractivity contribution < 1.29 is 4.42 Å². The number of nitrogens with one attached hydrogen (secondary N) is 1. The molecule has 1 aromatic heterocycles. The molecular weight excluding hydrogens is 214 g/mol. The second-order valence-electron chi connectivity index (χ2n) is 3.83. The molecule has 0 aliphatic rings. The van der Waals surface area contributed by atoms with Crippen LogP contribution >= 0.6 is 11.6 Å². The third kappa shape index (κ3) is 3.38. The third-order valence-corrected chi connectivity index (χ3v) is 2.93. The highest BCUT2D eigenvalue weighted by atomic mass is 35.5. The topological polar surface area (TPSA) is 51.0 Å². The zero-order valence-corrected chi connectivity index (χ0v) is 10.3. The molecule has 4 nitrogen and oxygen atoms in total. The van der Waals surface area contributed by atoms with Gasteiger partial charge in [0.25, 0.3) is 0 Å². The highest BCUT2D eigenvalue weighted by molar-refractivity contribution is 6.17. The van der Waals surface area contributed by atoms with Crippen LogP contribution in [0.25, 0.3) is 0 Å². The zero-order chi connectivity index (χ0) is 11.3. The molecule has 1 heterocycles. The Morgan fingerprint density at radius 3 is 2.53 bits per heavy atom. The van der Waals surface area contributed by atoms with Gasteiger partial charge in [0.15, 0.2) is 0 Å². The smallest absolute Gasteiger partial charge is 0.315 e. The van der Waals surface area contributed by atoms with E-state index in [1.54, 1.807) is 0 Å². The summed E-state index contributed by atoms with van der Waals surface area (Å²) in [6.07, 6.45) is 2.64. The summed E-state index contributed by atoms with van der Waals surface area (Å²) in [5.41, 5.74) is 0.0186. The SMILES string of the molecule is CCC(C)(CC)Nc1nnc(CCCl)o1. The first-order valence-corrected chi connectivity index (χ1v) is 5.83. The molecule has 0 aliphatic heterocycles. The third-order valence-electron chi connectivity index (χ3n) is 2.74. The number of halogens is 1. The Hall–Kier alpha value is -0.770. The molecule has 0 fully saturated rings. The fraction of sp³-hybridized carbons (Fsp3) is 0.800. The van der Waals surface area contributed by atoms with Crippen LogP contribution in [0, 0.1) is 0 Å². The Bertz CT molecular complexity index is 297. The fourth-order valence-electron chi connectivity index (χ4n) is 1.17. The molecular formula is C10H18ClN3O. The summed E-state index contributed by atoms with van der Waals surface area (Å²) in [6, 6.07) is 0.487. The minimum Gasteiger partial charge on any atom is -0.408 e. The van der Waals surface area contributed by atoms with E-state index in [1.165, 1.54) is 0 Å². The van der Waals surface area contributed by atoms with Crippen LogP contribution in [0.15, 0.2) is 4.42 Å². The van der Waals surface area contributed by atoms with Gasteiger partial charge in [-0.3, -0.25) is 0 Å². The van der Waals surface area contributed by atoms with Crippen molar-refractivity contribution in [1.29, 1.82) is 0 Å². The predicted molar refractivity (Wildman–Crippen MR) is 61.3 cm³/mol. The van der Waals surface area contributed by atoms with E-state index in [1.807, 2.05) is 0 Å². The Balaban J connectivity index is 2.63. The molecule has 86 valence electrons. The molecule has 0 amide bonds. The van der Waals surface area contributed by atoms with Crippen molar-refractivity contribution in [2.45, 2.75) is 45.6 Å². The largest absolute Gasteiger partial charge is 0.408 e. The van der Waals surface area contributed by atoms with Gasteiger partial charge >= 0.3 is 6.01 Å². The molecule has 0 bridgehead atoms. The normalized spacial score (nSPS) is 11.7. The van der Waals surface area contributed by atoms with E-state index >= 15 is 0 Å². The van der Waals surface area contributed by atoms with Crippen LogP contribution in [0.1, 0.15) is 39.5 Å². The molecule has 0 unspecified atom stereocenters. The number of hydrogen-bond donors (Lipinski definition) is 1. The van der Waals surface area contributed by atoms with Crippen molar-refractivity contribution in [1.82, 2.24) is 10.2 Å². The summed E-state index contributed by atoms with van der Waals surface area (Å²) in [4.78, 5) is 0. The maximum Gasteiger partial charge on any atom is 0.315 e. The minimum atomic E-state index is 0.0186. The highest BCUT2D eigenvalue weighted by Gasteiger charge is 2.21. The van der Waals surface area contributed by atoms with Gasteiger partial charge in [-0.2, -0.15) is 0 Å². The molecule has 1 aromatic rings. The summed E-state index contributed by atoms with van der Waals surface area (Å²) >= 11 is 5.58. The summed E-state index contributed by atoms with van der Waals surface area (Å²) in [5, 5.41) is 11.1. The van der Waals surface area contributed by atoms with Crippen molar-refractivity contribution in [3.8, 4) is 0 Å². The first-order chi connectivity index (χ1) is 7.13. The number of nitrogens with zero attached hydrogens (tertiary/aromatic N) is 2. The lowest BCUT2D eigenvalue weighted by atomic mass is 9.96. The summed E-state index contributed by atoms with van der Waals surface area (Å²) in [5.74, 6) is 1.09. The maximum atomic E-state index is 5.58. The van der Waals surface area contributed by atoms with Crippen LogP contribution in [0.5, 0.6) is 0 Å². The molecule has 0 spiro atoms. The van der Waals surface area contributed by atoms with Crippen molar-refractivity contribution in [2.75, 3.05) is 11.2 Å². The number of alkyl halides is 1. The summed E-state index contributed by atoms with van der Waals surface area (Å²) < 4.78 is 5.41. The van der Waals surface area contributed by atoms with E-state index in [9.17, 15) is 0 Å². The number of anilines is 1. The predicted octanol–water partition coefficient (Wildman–Crippen LogP) is 2.84. The van der Waals surface area contributed by atoms with Gasteiger partial charge in [-0.15, -0.1) is 16.7 Å². The fourth-order valence-corrected chi connectivity index (χ4v) is 1.33. The van der Waals surface area contributed by atoms with Gasteiger partial charge in [0.05, 0.1) is 0 Å². The molecule has 0 radical (unpaired) electrons. The number of hydrogen-bond acceptors (Lipinski definition) is 4. The lowest BCUT2D eigenvalue weighted by Gasteiger charge is -2.26. The Labute approximate surface area is 95.4 Å². The standard InChI is InChI=1S/C10H18ClN3O/c1-4-10(3,5-2)12-9-14-13-8(15-9)6-7-11/h4-7H2,1-3H3,(H,12,14). The number of aromatic nitrogens is 2.